The van der Waals surface area contributed by atoms with Gasteiger partial charge in [-0.15, -0.1) is 0 Å². The number of methoxy groups -OCH3 is 1. The Kier molecular flexibility index (Phi) is 5.26. The number of para-hydroxylation sites is 1. The van der Waals surface area contributed by atoms with Gasteiger partial charge in [0.2, 0.25) is 11.8 Å². The molecule has 1 saturated heterocycles. The molecule has 0 bridgehead atoms. The van der Waals surface area contributed by atoms with Crippen molar-refractivity contribution in [2.24, 2.45) is 11.3 Å². The lowest BCUT2D eigenvalue weighted by Gasteiger charge is -2.38. The fourth-order valence-electron chi connectivity index (χ4n) is 4.31. The van der Waals surface area contributed by atoms with Gasteiger partial charge in [-0.3, -0.25) is 9.59 Å². The van der Waals surface area contributed by atoms with Crippen LogP contribution in [-0.4, -0.2) is 43.0 Å². The number of likely N-dealkylation sites (tertiary alicyclic amines) is 1. The predicted octanol–water partition coefficient (Wildman–Crippen LogP) is 2.95. The van der Waals surface area contributed by atoms with E-state index in [4.69, 9.17) is 4.74 Å². The summed E-state index contributed by atoms with van der Waals surface area (Å²) in [7, 11) is 1.68. The van der Waals surface area contributed by atoms with E-state index in [0.717, 1.165) is 37.1 Å². The van der Waals surface area contributed by atoms with Gasteiger partial charge in [0.1, 0.15) is 5.75 Å². The second kappa shape index (κ2) is 7.29. The van der Waals surface area contributed by atoms with Gasteiger partial charge in [0.25, 0.3) is 0 Å². The maximum absolute atomic E-state index is 13.2. The number of nitrogens with one attached hydrogen (secondary N) is 1. The van der Waals surface area contributed by atoms with E-state index in [9.17, 15) is 9.59 Å². The first-order chi connectivity index (χ1) is 12.3. The van der Waals surface area contributed by atoms with Gasteiger partial charge in [0, 0.05) is 37.4 Å². The average Bonchev–Trinajstić information content (AvgIpc) is 3.25. The molecule has 1 aliphatic carbocycles. The molecule has 1 aromatic carbocycles. The first-order valence-corrected chi connectivity index (χ1v) is 9.53. The molecule has 0 aromatic heterocycles. The van der Waals surface area contributed by atoms with E-state index < -0.39 is 0 Å². The second-order valence-electron chi connectivity index (χ2n) is 8.28. The minimum Gasteiger partial charge on any atom is -0.496 e. The normalized spacial score (nSPS) is 25.1. The highest BCUT2D eigenvalue weighted by Gasteiger charge is 2.50. The Morgan fingerprint density at radius 3 is 2.73 bits per heavy atom. The van der Waals surface area contributed by atoms with Gasteiger partial charge in [-0.05, 0) is 36.8 Å². The highest BCUT2D eigenvalue weighted by Crippen LogP contribution is 2.52. The zero-order chi connectivity index (χ0) is 18.9. The highest BCUT2D eigenvalue weighted by molar-refractivity contribution is 5.84. The van der Waals surface area contributed by atoms with Crippen molar-refractivity contribution in [3.05, 3.63) is 29.8 Å². The lowest BCUT2D eigenvalue weighted by molar-refractivity contribution is -0.135. The Balaban J connectivity index is 1.69. The zero-order valence-electron chi connectivity index (χ0n) is 16.2. The van der Waals surface area contributed by atoms with E-state index in [2.05, 4.69) is 30.1 Å². The summed E-state index contributed by atoms with van der Waals surface area (Å²) in [4.78, 5) is 26.6. The van der Waals surface area contributed by atoms with Gasteiger partial charge < -0.3 is 15.0 Å². The molecule has 0 spiro atoms. The van der Waals surface area contributed by atoms with Crippen molar-refractivity contribution in [1.82, 2.24) is 10.2 Å². The number of amides is 2. The molecule has 1 N–H and O–H groups in total. The summed E-state index contributed by atoms with van der Waals surface area (Å²) >= 11 is 0. The van der Waals surface area contributed by atoms with E-state index in [1.165, 1.54) is 6.92 Å². The number of carbonyl (C=O) groups excluding carboxylic acids is 2. The summed E-state index contributed by atoms with van der Waals surface area (Å²) in [6, 6.07) is 8.18. The summed E-state index contributed by atoms with van der Waals surface area (Å²) in [6.07, 6.45) is 2.94. The molecule has 1 unspecified atom stereocenters. The molecule has 2 amide bonds. The Morgan fingerprint density at radius 1 is 1.31 bits per heavy atom. The summed E-state index contributed by atoms with van der Waals surface area (Å²) < 4.78 is 5.46. The number of nitrogens with zero attached hydrogens (tertiary/aromatic N) is 1. The zero-order valence-corrected chi connectivity index (χ0v) is 16.2. The molecule has 2 fully saturated rings. The number of ether oxygens (including phenoxy) is 1. The van der Waals surface area contributed by atoms with Crippen LogP contribution in [0.2, 0.25) is 0 Å². The van der Waals surface area contributed by atoms with Gasteiger partial charge in [-0.25, -0.2) is 0 Å². The molecule has 1 aliphatic heterocycles. The molecule has 1 saturated carbocycles. The standard InChI is InChI=1S/C21H30N2O3/c1-14(24)22-13-21(2,3)19-10-7-11-23(19)20(25)17-12-16(17)15-8-5-6-9-18(15)26-4/h5-6,8-9,16-17,19H,7,10-13H2,1-4H3,(H,22,24)/t16-,17+,19?/m0/s1. The number of benzene rings is 1. The van der Waals surface area contributed by atoms with Crippen molar-refractivity contribution in [1.29, 1.82) is 0 Å². The summed E-state index contributed by atoms with van der Waals surface area (Å²) in [5, 5.41) is 2.92. The largest absolute Gasteiger partial charge is 0.496 e. The first kappa shape index (κ1) is 18.7. The van der Waals surface area contributed by atoms with E-state index in [0.29, 0.717) is 6.54 Å². The van der Waals surface area contributed by atoms with Crippen LogP contribution in [0, 0.1) is 11.3 Å². The van der Waals surface area contributed by atoms with Crippen molar-refractivity contribution >= 4 is 11.8 Å². The molecule has 3 atom stereocenters. The van der Waals surface area contributed by atoms with Gasteiger partial charge in [-0.1, -0.05) is 32.0 Å². The molecule has 1 aromatic rings. The third kappa shape index (κ3) is 3.71. The van der Waals surface area contributed by atoms with Crippen LogP contribution in [0.15, 0.2) is 24.3 Å². The predicted molar refractivity (Wildman–Crippen MR) is 101 cm³/mol. The van der Waals surface area contributed by atoms with E-state index in [1.807, 2.05) is 18.2 Å². The second-order valence-corrected chi connectivity index (χ2v) is 8.28. The highest BCUT2D eigenvalue weighted by atomic mass is 16.5. The fourth-order valence-corrected chi connectivity index (χ4v) is 4.31. The Labute approximate surface area is 156 Å². The third-order valence-electron chi connectivity index (χ3n) is 5.88. The molecular formula is C21H30N2O3. The summed E-state index contributed by atoms with van der Waals surface area (Å²) in [5.41, 5.74) is 1.01. The first-order valence-electron chi connectivity index (χ1n) is 9.53. The van der Waals surface area contributed by atoms with Crippen LogP contribution in [0.3, 0.4) is 0 Å². The average molecular weight is 358 g/mol. The van der Waals surface area contributed by atoms with Crippen LogP contribution in [0.1, 0.15) is 51.5 Å². The van der Waals surface area contributed by atoms with E-state index in [-0.39, 0.29) is 35.1 Å². The smallest absolute Gasteiger partial charge is 0.226 e. The molecule has 142 valence electrons. The topological polar surface area (TPSA) is 58.6 Å². The van der Waals surface area contributed by atoms with Crippen LogP contribution in [-0.2, 0) is 9.59 Å². The van der Waals surface area contributed by atoms with Gasteiger partial charge >= 0.3 is 0 Å². The third-order valence-corrected chi connectivity index (χ3v) is 5.88. The number of carbonyl (C=O) groups is 2. The minimum absolute atomic E-state index is 0.0209. The van der Waals surface area contributed by atoms with Crippen molar-refractivity contribution in [3.8, 4) is 5.75 Å². The van der Waals surface area contributed by atoms with Crippen molar-refractivity contribution in [2.75, 3.05) is 20.2 Å². The van der Waals surface area contributed by atoms with Gasteiger partial charge in [0.15, 0.2) is 0 Å². The minimum atomic E-state index is -0.132. The summed E-state index contributed by atoms with van der Waals surface area (Å²) in [5.74, 6) is 1.44. The molecule has 3 rings (SSSR count). The molecular weight excluding hydrogens is 328 g/mol. The molecule has 26 heavy (non-hydrogen) atoms. The van der Waals surface area contributed by atoms with Crippen LogP contribution < -0.4 is 10.1 Å². The SMILES string of the molecule is COc1ccccc1[C@@H]1C[C@H]1C(=O)N1CCCC1C(C)(C)CNC(C)=O. The Hall–Kier alpha value is -2.04. The number of hydrogen-bond acceptors (Lipinski definition) is 3. The molecule has 1 heterocycles. The van der Waals surface area contributed by atoms with Gasteiger partial charge in [0.05, 0.1) is 7.11 Å². The van der Waals surface area contributed by atoms with Gasteiger partial charge in [-0.2, -0.15) is 0 Å². The number of hydrogen-bond donors (Lipinski definition) is 1. The lowest BCUT2D eigenvalue weighted by atomic mass is 9.82. The van der Waals surface area contributed by atoms with Crippen LogP contribution in [0.25, 0.3) is 0 Å². The van der Waals surface area contributed by atoms with E-state index >= 15 is 0 Å². The fraction of sp³-hybridized carbons (Fsp3) is 0.619. The molecule has 2 aliphatic rings. The molecule has 0 radical (unpaired) electrons. The van der Waals surface area contributed by atoms with Crippen LogP contribution in [0.5, 0.6) is 5.75 Å². The van der Waals surface area contributed by atoms with Crippen molar-refractivity contribution < 1.29 is 14.3 Å². The van der Waals surface area contributed by atoms with Crippen LogP contribution in [0.4, 0.5) is 0 Å². The number of rotatable bonds is 6. The Morgan fingerprint density at radius 2 is 2.04 bits per heavy atom. The quantitative estimate of drug-likeness (QED) is 0.850. The maximum Gasteiger partial charge on any atom is 0.226 e. The van der Waals surface area contributed by atoms with Crippen LogP contribution >= 0.6 is 0 Å². The monoisotopic (exact) mass is 358 g/mol. The van der Waals surface area contributed by atoms with Crippen molar-refractivity contribution in [3.63, 3.8) is 0 Å². The molecule has 5 heteroatoms. The van der Waals surface area contributed by atoms with E-state index in [1.54, 1.807) is 7.11 Å². The lowest BCUT2D eigenvalue weighted by Crippen LogP contribution is -2.49. The maximum atomic E-state index is 13.2. The summed E-state index contributed by atoms with van der Waals surface area (Å²) in [6.45, 7) is 7.24. The Bertz CT molecular complexity index is 686. The molecule has 5 nitrogen and oxygen atoms in total. The van der Waals surface area contributed by atoms with Crippen molar-refractivity contribution in [2.45, 2.75) is 52.0 Å².